The van der Waals surface area contributed by atoms with Crippen LogP contribution < -0.4 is 10.1 Å². The molecule has 1 N–H and O–H groups in total. The zero-order valence-electron chi connectivity index (χ0n) is 11.0. The third-order valence-electron chi connectivity index (χ3n) is 2.76. The fraction of sp³-hybridized carbons (Fsp3) is 0.188. The minimum Gasteiger partial charge on any atom is -0.484 e. The Hall–Kier alpha value is -2.36. The number of amides is 1. The monoisotopic (exact) mass is 273 g/mol. The fourth-order valence-corrected chi connectivity index (χ4v) is 1.72. The van der Waals surface area contributed by atoms with Gasteiger partial charge in [-0.05, 0) is 36.2 Å². The van der Waals surface area contributed by atoms with Crippen molar-refractivity contribution in [2.75, 3.05) is 13.2 Å². The van der Waals surface area contributed by atoms with Gasteiger partial charge in [0.2, 0.25) is 0 Å². The smallest absolute Gasteiger partial charge is 0.257 e. The first-order valence-electron chi connectivity index (χ1n) is 6.43. The molecular weight excluding hydrogens is 257 g/mol. The van der Waals surface area contributed by atoms with E-state index in [0.29, 0.717) is 12.3 Å². The molecule has 0 aliphatic rings. The van der Waals surface area contributed by atoms with Crippen LogP contribution in [0.4, 0.5) is 4.39 Å². The summed E-state index contributed by atoms with van der Waals surface area (Å²) in [5.41, 5.74) is 1.17. The normalized spacial score (nSPS) is 10.1. The summed E-state index contributed by atoms with van der Waals surface area (Å²) < 4.78 is 17.9. The molecule has 0 saturated heterocycles. The van der Waals surface area contributed by atoms with Crippen molar-refractivity contribution in [1.82, 2.24) is 5.32 Å². The van der Waals surface area contributed by atoms with Gasteiger partial charge >= 0.3 is 0 Å². The van der Waals surface area contributed by atoms with Crippen molar-refractivity contribution in [1.29, 1.82) is 0 Å². The molecule has 3 nitrogen and oxygen atoms in total. The molecule has 0 aliphatic heterocycles. The van der Waals surface area contributed by atoms with Gasteiger partial charge in [-0.3, -0.25) is 4.79 Å². The summed E-state index contributed by atoms with van der Waals surface area (Å²) in [4.78, 5) is 11.6. The number of rotatable bonds is 6. The molecular formula is C16H16FNO2. The summed E-state index contributed by atoms with van der Waals surface area (Å²) in [6.45, 7) is 0.496. The van der Waals surface area contributed by atoms with Crippen molar-refractivity contribution in [3.63, 3.8) is 0 Å². The minimum atomic E-state index is -0.329. The van der Waals surface area contributed by atoms with Crippen LogP contribution in [0.3, 0.4) is 0 Å². The van der Waals surface area contributed by atoms with Crippen molar-refractivity contribution < 1.29 is 13.9 Å². The van der Waals surface area contributed by atoms with E-state index >= 15 is 0 Å². The van der Waals surface area contributed by atoms with Crippen LogP contribution in [0.5, 0.6) is 5.75 Å². The molecule has 0 aliphatic carbocycles. The number of ether oxygens (including phenoxy) is 1. The topological polar surface area (TPSA) is 38.3 Å². The molecule has 4 heteroatoms. The Labute approximate surface area is 117 Å². The van der Waals surface area contributed by atoms with Gasteiger partial charge in [-0.1, -0.05) is 30.3 Å². The molecule has 1 amide bonds. The Morgan fingerprint density at radius 2 is 1.75 bits per heavy atom. The number of hydrogen-bond donors (Lipinski definition) is 1. The number of halogens is 1. The maximum Gasteiger partial charge on any atom is 0.257 e. The summed E-state index contributed by atoms with van der Waals surface area (Å²) in [6.07, 6.45) is 0.781. The third-order valence-corrected chi connectivity index (χ3v) is 2.76. The average Bonchev–Trinajstić information content (AvgIpc) is 2.48. The SMILES string of the molecule is O=C(COc1ccc(F)cc1)NCCc1ccccc1. The summed E-state index contributed by atoms with van der Waals surface area (Å²) >= 11 is 0. The van der Waals surface area contributed by atoms with Gasteiger partial charge in [0.25, 0.3) is 5.91 Å². The lowest BCUT2D eigenvalue weighted by Gasteiger charge is -2.07. The molecule has 0 radical (unpaired) electrons. The van der Waals surface area contributed by atoms with E-state index in [1.807, 2.05) is 30.3 Å². The lowest BCUT2D eigenvalue weighted by atomic mass is 10.1. The van der Waals surface area contributed by atoms with E-state index in [4.69, 9.17) is 4.74 Å². The highest BCUT2D eigenvalue weighted by Crippen LogP contribution is 2.10. The van der Waals surface area contributed by atoms with Crippen LogP contribution in [-0.2, 0) is 11.2 Å². The summed E-state index contributed by atoms with van der Waals surface area (Å²) in [7, 11) is 0. The number of nitrogens with one attached hydrogen (secondary N) is 1. The molecule has 104 valence electrons. The van der Waals surface area contributed by atoms with Crippen molar-refractivity contribution in [3.05, 3.63) is 66.0 Å². The Bertz CT molecular complexity index is 540. The van der Waals surface area contributed by atoms with E-state index in [-0.39, 0.29) is 18.3 Å². The second-order valence-corrected chi connectivity index (χ2v) is 4.33. The number of carbonyl (C=O) groups excluding carboxylic acids is 1. The van der Waals surface area contributed by atoms with Crippen molar-refractivity contribution in [3.8, 4) is 5.75 Å². The van der Waals surface area contributed by atoms with E-state index in [0.717, 1.165) is 6.42 Å². The van der Waals surface area contributed by atoms with E-state index in [1.165, 1.54) is 29.8 Å². The van der Waals surface area contributed by atoms with E-state index in [9.17, 15) is 9.18 Å². The Morgan fingerprint density at radius 3 is 2.45 bits per heavy atom. The van der Waals surface area contributed by atoms with E-state index in [1.54, 1.807) is 0 Å². The first kappa shape index (κ1) is 14.1. The largest absolute Gasteiger partial charge is 0.484 e. The lowest BCUT2D eigenvalue weighted by molar-refractivity contribution is -0.123. The standard InChI is InChI=1S/C16H16FNO2/c17-14-6-8-15(9-7-14)20-12-16(19)18-11-10-13-4-2-1-3-5-13/h1-9H,10-12H2,(H,18,19). The van der Waals surface area contributed by atoms with Crippen LogP contribution in [-0.4, -0.2) is 19.1 Å². The number of benzene rings is 2. The van der Waals surface area contributed by atoms with Gasteiger partial charge in [0.05, 0.1) is 0 Å². The quantitative estimate of drug-likeness (QED) is 0.878. The highest BCUT2D eigenvalue weighted by atomic mass is 19.1. The molecule has 0 fully saturated rings. The highest BCUT2D eigenvalue weighted by Gasteiger charge is 2.02. The van der Waals surface area contributed by atoms with Crippen molar-refractivity contribution in [2.45, 2.75) is 6.42 Å². The predicted molar refractivity (Wildman–Crippen MR) is 75.1 cm³/mol. The zero-order chi connectivity index (χ0) is 14.2. The maximum atomic E-state index is 12.7. The van der Waals surface area contributed by atoms with Crippen LogP contribution in [0.1, 0.15) is 5.56 Å². The van der Waals surface area contributed by atoms with Gasteiger partial charge in [0, 0.05) is 6.54 Å². The molecule has 0 bridgehead atoms. The molecule has 2 aromatic carbocycles. The first-order valence-corrected chi connectivity index (χ1v) is 6.43. The second kappa shape index (κ2) is 7.28. The van der Waals surface area contributed by atoms with Gasteiger partial charge in [-0.25, -0.2) is 4.39 Å². The fourth-order valence-electron chi connectivity index (χ4n) is 1.72. The predicted octanol–water partition coefficient (Wildman–Crippen LogP) is 2.56. The van der Waals surface area contributed by atoms with Gasteiger partial charge in [0.1, 0.15) is 11.6 Å². The molecule has 2 aromatic rings. The molecule has 0 atom stereocenters. The third kappa shape index (κ3) is 4.72. The molecule has 20 heavy (non-hydrogen) atoms. The second-order valence-electron chi connectivity index (χ2n) is 4.33. The van der Waals surface area contributed by atoms with Gasteiger partial charge < -0.3 is 10.1 Å². The lowest BCUT2D eigenvalue weighted by Crippen LogP contribution is -2.30. The van der Waals surface area contributed by atoms with Crippen molar-refractivity contribution in [2.24, 2.45) is 0 Å². The number of carbonyl (C=O) groups is 1. The average molecular weight is 273 g/mol. The Morgan fingerprint density at radius 1 is 1.05 bits per heavy atom. The zero-order valence-corrected chi connectivity index (χ0v) is 11.0. The molecule has 0 saturated carbocycles. The molecule has 0 unspecified atom stereocenters. The Kier molecular flexibility index (Phi) is 5.12. The van der Waals surface area contributed by atoms with E-state index in [2.05, 4.69) is 5.32 Å². The van der Waals surface area contributed by atoms with Crippen molar-refractivity contribution >= 4 is 5.91 Å². The van der Waals surface area contributed by atoms with E-state index < -0.39 is 0 Å². The van der Waals surface area contributed by atoms with Gasteiger partial charge in [-0.15, -0.1) is 0 Å². The first-order chi connectivity index (χ1) is 9.74. The molecule has 0 aromatic heterocycles. The maximum absolute atomic E-state index is 12.7. The van der Waals surface area contributed by atoms with Crippen LogP contribution in [0.25, 0.3) is 0 Å². The van der Waals surface area contributed by atoms with Gasteiger partial charge in [0.15, 0.2) is 6.61 Å². The highest BCUT2D eigenvalue weighted by molar-refractivity contribution is 5.77. The molecule has 2 rings (SSSR count). The summed E-state index contributed by atoms with van der Waals surface area (Å²) in [5, 5.41) is 2.77. The number of hydrogen-bond acceptors (Lipinski definition) is 2. The molecule has 0 heterocycles. The molecule has 0 spiro atoms. The van der Waals surface area contributed by atoms with Crippen LogP contribution in [0, 0.1) is 5.82 Å². The van der Waals surface area contributed by atoms with Gasteiger partial charge in [-0.2, -0.15) is 0 Å². The summed E-state index contributed by atoms with van der Waals surface area (Å²) in [6, 6.07) is 15.5. The minimum absolute atomic E-state index is 0.0690. The van der Waals surface area contributed by atoms with Crippen LogP contribution in [0.15, 0.2) is 54.6 Å². The summed E-state index contributed by atoms with van der Waals surface area (Å²) in [5.74, 6) is -0.0421. The van der Waals surface area contributed by atoms with Crippen LogP contribution in [0.2, 0.25) is 0 Å². The van der Waals surface area contributed by atoms with Crippen LogP contribution >= 0.6 is 0 Å². The Balaban J connectivity index is 1.67.